The molecule has 88 valence electrons. The highest BCUT2D eigenvalue weighted by molar-refractivity contribution is 5.76. The van der Waals surface area contributed by atoms with E-state index in [0.717, 1.165) is 5.56 Å². The molecular formula is C12H18N2O2. The number of likely N-dealkylation sites (N-methyl/N-ethyl adjacent to an activating group) is 1. The molecule has 4 heteroatoms. The Kier molecular flexibility index (Phi) is 4.79. The fraction of sp³-hybridized carbons (Fsp3) is 0.417. The number of benzene rings is 1. The Morgan fingerprint density at radius 1 is 1.50 bits per heavy atom. The van der Waals surface area contributed by atoms with Gasteiger partial charge in [0.2, 0.25) is 5.91 Å². The molecule has 0 aliphatic rings. The van der Waals surface area contributed by atoms with Gasteiger partial charge in [0, 0.05) is 25.7 Å². The number of hydrogen-bond acceptors (Lipinski definition) is 3. The first kappa shape index (κ1) is 12.5. The highest BCUT2D eigenvalue weighted by Crippen LogP contribution is 2.09. The summed E-state index contributed by atoms with van der Waals surface area (Å²) in [4.78, 5) is 13.1. The molecule has 1 aromatic carbocycles. The number of carbonyl (C=O) groups is 1. The molecule has 16 heavy (non-hydrogen) atoms. The summed E-state index contributed by atoms with van der Waals surface area (Å²) in [5, 5.41) is 8.70. The van der Waals surface area contributed by atoms with Gasteiger partial charge in [0.1, 0.15) is 0 Å². The average molecular weight is 222 g/mol. The van der Waals surface area contributed by atoms with E-state index >= 15 is 0 Å². The van der Waals surface area contributed by atoms with Crippen molar-refractivity contribution >= 4 is 11.6 Å². The van der Waals surface area contributed by atoms with E-state index in [4.69, 9.17) is 10.8 Å². The summed E-state index contributed by atoms with van der Waals surface area (Å²) < 4.78 is 0. The number of nitrogens with two attached hydrogens (primary N) is 1. The summed E-state index contributed by atoms with van der Waals surface area (Å²) in [6.07, 6.45) is 1.12. The second-order valence-electron chi connectivity index (χ2n) is 3.78. The summed E-state index contributed by atoms with van der Waals surface area (Å²) in [5.41, 5.74) is 7.42. The predicted molar refractivity (Wildman–Crippen MR) is 63.9 cm³/mol. The Morgan fingerprint density at radius 3 is 2.88 bits per heavy atom. The molecule has 0 bridgehead atoms. The van der Waals surface area contributed by atoms with Crippen LogP contribution in [0.5, 0.6) is 0 Å². The highest BCUT2D eigenvalue weighted by Gasteiger charge is 2.07. The molecule has 0 saturated carbocycles. The van der Waals surface area contributed by atoms with Crippen LogP contribution in [0, 0.1) is 0 Å². The lowest BCUT2D eigenvalue weighted by atomic mass is 10.1. The third kappa shape index (κ3) is 3.90. The molecule has 0 aliphatic carbocycles. The van der Waals surface area contributed by atoms with Crippen LogP contribution >= 0.6 is 0 Å². The van der Waals surface area contributed by atoms with Gasteiger partial charge in [-0.25, -0.2) is 0 Å². The van der Waals surface area contributed by atoms with Crippen molar-refractivity contribution < 1.29 is 9.90 Å². The van der Waals surface area contributed by atoms with E-state index < -0.39 is 0 Å². The van der Waals surface area contributed by atoms with Gasteiger partial charge in [0.25, 0.3) is 0 Å². The molecular weight excluding hydrogens is 204 g/mol. The van der Waals surface area contributed by atoms with Crippen molar-refractivity contribution in [2.24, 2.45) is 0 Å². The molecule has 0 atom stereocenters. The first-order chi connectivity index (χ1) is 7.63. The lowest BCUT2D eigenvalue weighted by Gasteiger charge is -2.15. The van der Waals surface area contributed by atoms with Gasteiger partial charge in [-0.05, 0) is 24.1 Å². The van der Waals surface area contributed by atoms with E-state index in [1.54, 1.807) is 7.05 Å². The van der Waals surface area contributed by atoms with E-state index in [9.17, 15) is 4.79 Å². The standard InChI is InChI=1S/C12H18N2O2/c1-14(7-8-15)12(16)6-5-10-3-2-4-11(13)9-10/h2-4,9,15H,5-8,13H2,1H3. The molecule has 4 nitrogen and oxygen atoms in total. The Bertz CT molecular complexity index is 353. The van der Waals surface area contributed by atoms with Crippen molar-refractivity contribution in [2.45, 2.75) is 12.8 Å². The van der Waals surface area contributed by atoms with Gasteiger partial charge in [-0.1, -0.05) is 12.1 Å². The topological polar surface area (TPSA) is 66.6 Å². The van der Waals surface area contributed by atoms with Crippen LogP contribution in [0.4, 0.5) is 5.69 Å². The van der Waals surface area contributed by atoms with E-state index in [1.165, 1.54) is 4.90 Å². The van der Waals surface area contributed by atoms with Crippen molar-refractivity contribution in [1.82, 2.24) is 4.90 Å². The Hall–Kier alpha value is -1.55. The molecule has 0 heterocycles. The number of aliphatic hydroxyl groups is 1. The number of anilines is 1. The molecule has 3 N–H and O–H groups in total. The van der Waals surface area contributed by atoms with Crippen LogP contribution in [-0.2, 0) is 11.2 Å². The quantitative estimate of drug-likeness (QED) is 0.719. The maximum absolute atomic E-state index is 11.6. The maximum Gasteiger partial charge on any atom is 0.222 e. The first-order valence-corrected chi connectivity index (χ1v) is 5.32. The normalized spacial score (nSPS) is 10.1. The third-order valence-electron chi connectivity index (χ3n) is 2.44. The number of nitrogens with zero attached hydrogens (tertiary/aromatic N) is 1. The fourth-order valence-electron chi connectivity index (χ4n) is 1.47. The minimum atomic E-state index is 0.000521. The summed E-state index contributed by atoms with van der Waals surface area (Å²) >= 11 is 0. The third-order valence-corrected chi connectivity index (χ3v) is 2.44. The first-order valence-electron chi connectivity index (χ1n) is 5.32. The van der Waals surface area contributed by atoms with Crippen LogP contribution in [0.2, 0.25) is 0 Å². The van der Waals surface area contributed by atoms with Gasteiger partial charge < -0.3 is 15.7 Å². The molecule has 0 saturated heterocycles. The van der Waals surface area contributed by atoms with Crippen molar-refractivity contribution in [2.75, 3.05) is 25.9 Å². The smallest absolute Gasteiger partial charge is 0.222 e. The van der Waals surface area contributed by atoms with Crippen LogP contribution in [0.1, 0.15) is 12.0 Å². The number of rotatable bonds is 5. The molecule has 0 radical (unpaired) electrons. The summed E-state index contributed by atoms with van der Waals surface area (Å²) in [7, 11) is 1.69. The van der Waals surface area contributed by atoms with Gasteiger partial charge in [-0.2, -0.15) is 0 Å². The monoisotopic (exact) mass is 222 g/mol. The predicted octanol–water partition coefficient (Wildman–Crippen LogP) is 0.652. The fourth-order valence-corrected chi connectivity index (χ4v) is 1.47. The molecule has 0 spiro atoms. The molecule has 0 aromatic heterocycles. The molecule has 0 fully saturated rings. The van der Waals surface area contributed by atoms with Gasteiger partial charge >= 0.3 is 0 Å². The maximum atomic E-state index is 11.6. The molecule has 1 amide bonds. The molecule has 0 aliphatic heterocycles. The van der Waals surface area contributed by atoms with E-state index in [1.807, 2.05) is 24.3 Å². The van der Waals surface area contributed by atoms with E-state index in [2.05, 4.69) is 0 Å². The van der Waals surface area contributed by atoms with Crippen LogP contribution in [-0.4, -0.2) is 36.1 Å². The molecule has 1 rings (SSSR count). The lowest BCUT2D eigenvalue weighted by molar-refractivity contribution is -0.130. The van der Waals surface area contributed by atoms with Crippen LogP contribution in [0.15, 0.2) is 24.3 Å². The molecule has 1 aromatic rings. The number of hydrogen-bond donors (Lipinski definition) is 2. The average Bonchev–Trinajstić information content (AvgIpc) is 2.26. The minimum Gasteiger partial charge on any atom is -0.399 e. The van der Waals surface area contributed by atoms with Gasteiger partial charge in [0.05, 0.1) is 6.61 Å². The lowest BCUT2D eigenvalue weighted by Crippen LogP contribution is -2.29. The van der Waals surface area contributed by atoms with Crippen molar-refractivity contribution in [1.29, 1.82) is 0 Å². The number of aliphatic hydroxyl groups excluding tert-OH is 1. The number of nitrogen functional groups attached to an aromatic ring is 1. The minimum absolute atomic E-state index is 0.000521. The van der Waals surface area contributed by atoms with Gasteiger partial charge in [0.15, 0.2) is 0 Å². The zero-order chi connectivity index (χ0) is 12.0. The van der Waals surface area contributed by atoms with Crippen LogP contribution in [0.25, 0.3) is 0 Å². The Balaban J connectivity index is 2.42. The van der Waals surface area contributed by atoms with E-state index in [0.29, 0.717) is 25.1 Å². The summed E-state index contributed by atoms with van der Waals surface area (Å²) in [5.74, 6) is 0.0384. The number of amides is 1. The van der Waals surface area contributed by atoms with Crippen LogP contribution < -0.4 is 5.73 Å². The second kappa shape index (κ2) is 6.12. The SMILES string of the molecule is CN(CCO)C(=O)CCc1cccc(N)c1. The largest absolute Gasteiger partial charge is 0.399 e. The zero-order valence-electron chi connectivity index (χ0n) is 9.52. The van der Waals surface area contributed by atoms with Crippen molar-refractivity contribution in [3.05, 3.63) is 29.8 Å². The van der Waals surface area contributed by atoms with Crippen LogP contribution in [0.3, 0.4) is 0 Å². The second-order valence-corrected chi connectivity index (χ2v) is 3.78. The highest BCUT2D eigenvalue weighted by atomic mass is 16.3. The Morgan fingerprint density at radius 2 is 2.25 bits per heavy atom. The summed E-state index contributed by atoms with van der Waals surface area (Å²) in [6, 6.07) is 7.53. The summed E-state index contributed by atoms with van der Waals surface area (Å²) in [6.45, 7) is 0.385. The molecule has 0 unspecified atom stereocenters. The van der Waals surface area contributed by atoms with Crippen molar-refractivity contribution in [3.63, 3.8) is 0 Å². The zero-order valence-corrected chi connectivity index (χ0v) is 9.52. The van der Waals surface area contributed by atoms with E-state index in [-0.39, 0.29) is 12.5 Å². The number of aryl methyl sites for hydroxylation is 1. The van der Waals surface area contributed by atoms with Gasteiger partial charge in [-0.3, -0.25) is 4.79 Å². The van der Waals surface area contributed by atoms with Crippen molar-refractivity contribution in [3.8, 4) is 0 Å². The Labute approximate surface area is 95.7 Å². The number of carbonyl (C=O) groups excluding carboxylic acids is 1. The van der Waals surface area contributed by atoms with Gasteiger partial charge in [-0.15, -0.1) is 0 Å².